The zero-order valence-corrected chi connectivity index (χ0v) is 76.0. The van der Waals surface area contributed by atoms with E-state index < -0.39 is 162 Å². The van der Waals surface area contributed by atoms with Crippen molar-refractivity contribution in [3.8, 4) is 0 Å². The Hall–Kier alpha value is -2.53. The number of aliphatic hydroxyl groups is 9. The lowest BCUT2D eigenvalue weighted by molar-refractivity contribution is -0.360. The normalized spacial score (nSPS) is 25.0. The minimum Gasteiger partial charge on any atom is -0.463 e. The third kappa shape index (κ3) is 51.8. The molecule has 2 aliphatic heterocycles. The van der Waals surface area contributed by atoms with E-state index in [1.807, 2.05) is 0 Å². The third-order valence-corrected chi connectivity index (χ3v) is 25.2. The van der Waals surface area contributed by atoms with Gasteiger partial charge in [-0.1, -0.05) is 381 Å². The highest BCUT2D eigenvalue weighted by Gasteiger charge is 2.60. The van der Waals surface area contributed by atoms with Gasteiger partial charge in [-0.2, -0.15) is 0 Å². The summed E-state index contributed by atoms with van der Waals surface area (Å²) in [4.78, 5) is 66.6. The van der Waals surface area contributed by atoms with Crippen LogP contribution in [-0.2, 0) is 70.7 Å². The smallest absolute Gasteiger partial charge is 0.463 e. The number of ether oxygens (including phenoxy) is 8. The largest absolute Gasteiger partial charge is 0.472 e. The van der Waals surface area contributed by atoms with Crippen LogP contribution in [0.25, 0.3) is 0 Å². The number of carbonyl (C=O) groups is 4. The minimum absolute atomic E-state index is 0.0174. The minimum atomic E-state index is -5.80. The van der Waals surface area contributed by atoms with E-state index in [1.54, 1.807) is 0 Å². The van der Waals surface area contributed by atoms with Crippen LogP contribution in [0.2, 0.25) is 0 Å². The second kappa shape index (κ2) is 71.5. The van der Waals surface area contributed by atoms with Crippen LogP contribution in [0.1, 0.15) is 433 Å². The van der Waals surface area contributed by atoms with Gasteiger partial charge >= 0.3 is 31.7 Å². The van der Waals surface area contributed by atoms with E-state index in [0.29, 0.717) is 38.0 Å². The van der Waals surface area contributed by atoms with E-state index in [1.165, 1.54) is 212 Å². The maximum Gasteiger partial charge on any atom is 0.472 e. The summed E-state index contributed by atoms with van der Waals surface area (Å²) in [5.74, 6) is -2.25. The number of phosphoric acid groups is 1. The molecular formula is C93H175O25P. The predicted octanol–water partition coefficient (Wildman–Crippen LogP) is 18.4. The van der Waals surface area contributed by atoms with Crippen molar-refractivity contribution in [1.29, 1.82) is 0 Å². The monoisotopic (exact) mass is 1720 g/mol. The number of unbranched alkanes of at least 4 members (excludes halogenated alkanes) is 51. The lowest BCUT2D eigenvalue weighted by Crippen LogP contribution is -2.70. The molecule has 0 aromatic carbocycles. The first-order chi connectivity index (χ1) is 57.6. The second-order valence-electron chi connectivity index (χ2n) is 35.2. The molecule has 19 unspecified atom stereocenters. The summed E-state index contributed by atoms with van der Waals surface area (Å²) in [5, 5.41) is 102. The summed E-state index contributed by atoms with van der Waals surface area (Å²) in [5.41, 5.74) is 0. The Kier molecular flexibility index (Phi) is 66.5. The third-order valence-electron chi connectivity index (χ3n) is 24.3. The first-order valence-electron chi connectivity index (χ1n) is 48.7. The van der Waals surface area contributed by atoms with Crippen LogP contribution in [0.15, 0.2) is 0 Å². The van der Waals surface area contributed by atoms with Crippen molar-refractivity contribution in [3.63, 3.8) is 0 Å². The SMILES string of the molecule is CCCCCCCCCCCCCCCCCCC(=O)OC(COC(=O)CCCCCCCCCCCCCCC)COP(=O)(O)OC1C(OC2OC(CO)C(O)C(O)C2O)C(O)C(O)C(OC(=O)CCCCCCCCCCCCCCCCC)C1OC1OC(COC(=O)CCCCCCCCC(C)CCCCCCCC)C(O)C(O)C1O. The molecule has 26 heteroatoms. The van der Waals surface area contributed by atoms with Crippen LogP contribution in [0, 0.1) is 5.92 Å². The van der Waals surface area contributed by atoms with Crippen molar-refractivity contribution < 1.29 is 122 Å². The fourth-order valence-electron chi connectivity index (χ4n) is 16.4. The van der Waals surface area contributed by atoms with Gasteiger partial charge in [0, 0.05) is 25.7 Å². The zero-order valence-electron chi connectivity index (χ0n) is 75.1. The van der Waals surface area contributed by atoms with Crippen molar-refractivity contribution in [3.05, 3.63) is 0 Å². The van der Waals surface area contributed by atoms with E-state index >= 15 is 0 Å². The average molecular weight is 1720 g/mol. The molecule has 0 amide bonds. The number of carbonyl (C=O) groups excluding carboxylic acids is 4. The lowest BCUT2D eigenvalue weighted by atomic mass is 9.84. The van der Waals surface area contributed by atoms with Crippen molar-refractivity contribution in [1.82, 2.24) is 0 Å². The number of rotatable bonds is 79. The van der Waals surface area contributed by atoms with E-state index in [2.05, 4.69) is 34.6 Å². The highest BCUT2D eigenvalue weighted by molar-refractivity contribution is 7.47. The van der Waals surface area contributed by atoms with Gasteiger partial charge in [-0.25, -0.2) is 4.57 Å². The number of phosphoric ester groups is 1. The Morgan fingerprint density at radius 2 is 0.630 bits per heavy atom. The molecule has 10 N–H and O–H groups in total. The van der Waals surface area contributed by atoms with Gasteiger partial charge in [0.2, 0.25) is 0 Å². The Morgan fingerprint density at radius 1 is 0.328 bits per heavy atom. The molecule has 3 rings (SSSR count). The zero-order chi connectivity index (χ0) is 86.9. The first kappa shape index (κ1) is 111. The number of esters is 4. The van der Waals surface area contributed by atoms with Gasteiger partial charge in [-0.15, -0.1) is 0 Å². The number of hydrogen-bond donors (Lipinski definition) is 10. The standard InChI is InChI=1S/C93H175O25P/c1-6-10-14-18-22-25-28-31-33-35-38-40-43-46-54-60-66-78(97)112-73(69-109-76(95)64-58-52-45-42-39-36-30-27-24-20-16-12-8-3)70-111-119(107,108)118-91-89(116-92-86(105)82(101)80(99)74(68-94)113-92)85(104)84(103)88(115-79(98)67-61-55-47-44-41-37-34-32-29-26-23-19-15-11-7-2)90(91)117-93-87(106)83(102)81(100)75(114-93)71-110-77(96)65-59-53-49-48-51-57-63-72(5)62-56-50-21-17-13-9-4/h72-75,80-94,99-106H,6-71H2,1-5H3,(H,107,108). The lowest BCUT2D eigenvalue weighted by Gasteiger charge is -2.50. The molecule has 0 spiro atoms. The maximum atomic E-state index is 14.9. The fraction of sp³-hybridized carbons (Fsp3) is 0.957. The van der Waals surface area contributed by atoms with E-state index in [4.69, 9.17) is 46.9 Å². The van der Waals surface area contributed by atoms with Crippen molar-refractivity contribution >= 4 is 31.7 Å². The Bertz CT molecular complexity index is 2490. The topological polar surface area (TPSA) is 380 Å². The Morgan fingerprint density at radius 3 is 1.00 bits per heavy atom. The van der Waals surface area contributed by atoms with Crippen molar-refractivity contribution in [2.24, 2.45) is 5.92 Å². The molecular weight excluding hydrogens is 1550 g/mol. The summed E-state index contributed by atoms with van der Waals surface area (Å²) >= 11 is 0. The Balaban J connectivity index is 1.91. The van der Waals surface area contributed by atoms with Gasteiger partial charge in [0.1, 0.15) is 92.6 Å². The van der Waals surface area contributed by atoms with E-state index in [-0.39, 0.29) is 25.7 Å². The highest BCUT2D eigenvalue weighted by Crippen LogP contribution is 2.49. The fourth-order valence-corrected chi connectivity index (χ4v) is 17.4. The summed E-state index contributed by atoms with van der Waals surface area (Å²) in [6.45, 7) is 7.97. The second-order valence-corrected chi connectivity index (χ2v) is 36.6. The van der Waals surface area contributed by atoms with E-state index in [0.717, 1.165) is 128 Å². The molecule has 702 valence electrons. The molecule has 3 aliphatic rings. The van der Waals surface area contributed by atoms with Crippen molar-refractivity contribution in [2.45, 2.75) is 537 Å². The molecule has 2 saturated heterocycles. The van der Waals surface area contributed by atoms with E-state index in [9.17, 15) is 74.6 Å². The molecule has 119 heavy (non-hydrogen) atoms. The molecule has 19 atom stereocenters. The number of aliphatic hydroxyl groups excluding tert-OH is 9. The maximum absolute atomic E-state index is 14.9. The predicted molar refractivity (Wildman–Crippen MR) is 463 cm³/mol. The van der Waals surface area contributed by atoms with Gasteiger partial charge < -0.3 is 88.7 Å². The van der Waals surface area contributed by atoms with Crippen molar-refractivity contribution in [2.75, 3.05) is 26.4 Å². The van der Waals surface area contributed by atoms with Gasteiger partial charge in [0.25, 0.3) is 0 Å². The Labute approximate surface area is 719 Å². The quantitative estimate of drug-likeness (QED) is 0.0117. The number of hydrogen-bond acceptors (Lipinski definition) is 24. The summed E-state index contributed by atoms with van der Waals surface area (Å²) in [6.07, 6.45) is 27.9. The summed E-state index contributed by atoms with van der Waals surface area (Å²) < 4.78 is 73.6. The molecule has 0 bridgehead atoms. The van der Waals surface area contributed by atoms with Crippen LogP contribution in [-0.4, -0.2) is 205 Å². The molecule has 1 saturated carbocycles. The van der Waals surface area contributed by atoms with Gasteiger partial charge in [-0.3, -0.25) is 28.2 Å². The van der Waals surface area contributed by atoms with Crippen LogP contribution in [0.3, 0.4) is 0 Å². The molecule has 0 aromatic heterocycles. The molecule has 25 nitrogen and oxygen atoms in total. The first-order valence-corrected chi connectivity index (χ1v) is 50.2. The van der Waals surface area contributed by atoms with Crippen LogP contribution < -0.4 is 0 Å². The van der Waals surface area contributed by atoms with Gasteiger partial charge in [-0.05, 0) is 31.6 Å². The molecule has 0 aromatic rings. The van der Waals surface area contributed by atoms with Crippen LogP contribution in [0.4, 0.5) is 0 Å². The average Bonchev–Trinajstić information content (AvgIpc) is 0.754. The summed E-state index contributed by atoms with van der Waals surface area (Å²) in [7, 11) is -5.80. The molecule has 3 fully saturated rings. The summed E-state index contributed by atoms with van der Waals surface area (Å²) in [6, 6.07) is 0. The molecule has 0 radical (unpaired) electrons. The highest BCUT2D eigenvalue weighted by atomic mass is 31.2. The van der Waals surface area contributed by atoms with Crippen LogP contribution in [0.5, 0.6) is 0 Å². The molecule has 2 heterocycles. The van der Waals surface area contributed by atoms with Gasteiger partial charge in [0.05, 0.1) is 13.2 Å². The molecule has 1 aliphatic carbocycles. The van der Waals surface area contributed by atoms with Crippen LogP contribution >= 0.6 is 7.82 Å². The van der Waals surface area contributed by atoms with Gasteiger partial charge in [0.15, 0.2) is 24.8 Å².